The molecule has 3 aromatic heterocycles. The number of ether oxygens (including phenoxy) is 1. The number of carbonyl (C=O) groups is 2. The lowest BCUT2D eigenvalue weighted by molar-refractivity contribution is -0.115. The van der Waals surface area contributed by atoms with Crippen LogP contribution < -0.4 is 10.6 Å². The monoisotopic (exact) mass is 460 g/mol. The number of carbonyl (C=O) groups excluding carboxylic acids is 2. The van der Waals surface area contributed by atoms with Gasteiger partial charge in [0.2, 0.25) is 11.8 Å². The number of hydrogen-bond acceptors (Lipinski definition) is 9. The van der Waals surface area contributed by atoms with Gasteiger partial charge in [-0.15, -0.1) is 22.7 Å². The fourth-order valence-electron chi connectivity index (χ4n) is 3.84. The number of thiophene rings is 2. The van der Waals surface area contributed by atoms with E-state index in [1.54, 1.807) is 13.8 Å². The van der Waals surface area contributed by atoms with Gasteiger partial charge in [-0.2, -0.15) is 4.98 Å². The molecule has 0 saturated heterocycles. The highest BCUT2D eigenvalue weighted by Crippen LogP contribution is 2.39. The van der Waals surface area contributed by atoms with Gasteiger partial charge in [-0.25, -0.2) is 4.79 Å². The molecule has 3 heterocycles. The number of aromatic nitrogens is 2. The molecule has 0 atom stereocenters. The van der Waals surface area contributed by atoms with Crippen LogP contribution in [0, 0.1) is 6.92 Å². The molecule has 1 amide bonds. The van der Waals surface area contributed by atoms with Crippen LogP contribution in [-0.2, 0) is 15.1 Å². The van der Waals surface area contributed by atoms with Crippen LogP contribution in [0.3, 0.4) is 0 Å². The summed E-state index contributed by atoms with van der Waals surface area (Å²) in [7, 11) is 0. The molecule has 0 bridgehead atoms. The van der Waals surface area contributed by atoms with Gasteiger partial charge >= 0.3 is 5.97 Å². The van der Waals surface area contributed by atoms with E-state index in [4.69, 9.17) is 9.26 Å². The van der Waals surface area contributed by atoms with Crippen molar-refractivity contribution in [3.63, 3.8) is 0 Å². The van der Waals surface area contributed by atoms with Gasteiger partial charge in [0, 0.05) is 22.7 Å². The minimum atomic E-state index is -0.462. The molecule has 3 aromatic rings. The summed E-state index contributed by atoms with van der Waals surface area (Å²) in [6.07, 6.45) is 3.75. The highest BCUT2D eigenvalue weighted by atomic mass is 32.1. The second-order valence-electron chi connectivity index (χ2n) is 7.38. The van der Waals surface area contributed by atoms with E-state index in [0.29, 0.717) is 22.3 Å². The highest BCUT2D eigenvalue weighted by molar-refractivity contribution is 7.17. The topological polar surface area (TPSA) is 106 Å². The van der Waals surface area contributed by atoms with Crippen molar-refractivity contribution < 1.29 is 18.8 Å². The normalized spacial score (nSPS) is 15.2. The predicted octanol–water partition coefficient (Wildman–Crippen LogP) is 4.34. The number of esters is 1. The number of rotatable bonds is 8. The summed E-state index contributed by atoms with van der Waals surface area (Å²) >= 11 is 2.86. The molecule has 0 spiro atoms. The third kappa shape index (κ3) is 4.56. The van der Waals surface area contributed by atoms with Gasteiger partial charge in [-0.1, -0.05) is 24.1 Å². The quantitative estimate of drug-likeness (QED) is 0.482. The van der Waals surface area contributed by atoms with E-state index in [0.717, 1.165) is 36.1 Å². The maximum Gasteiger partial charge on any atom is 0.341 e. The molecule has 1 saturated carbocycles. The van der Waals surface area contributed by atoms with Gasteiger partial charge in [0.05, 0.1) is 18.7 Å². The maximum atomic E-state index is 12.8. The molecule has 2 N–H and O–H groups in total. The minimum absolute atomic E-state index is 0.0715. The fourth-order valence-corrected chi connectivity index (χ4v) is 5.63. The Balaban J connectivity index is 1.50. The van der Waals surface area contributed by atoms with E-state index in [2.05, 4.69) is 20.8 Å². The average molecular weight is 461 g/mol. The molecule has 0 aromatic carbocycles. The Labute approximate surface area is 188 Å². The largest absolute Gasteiger partial charge is 0.462 e. The summed E-state index contributed by atoms with van der Waals surface area (Å²) in [5.41, 5.74) is 0.708. The molecule has 1 fully saturated rings. The highest BCUT2D eigenvalue weighted by Gasteiger charge is 2.40. The Morgan fingerprint density at radius 2 is 2.10 bits per heavy atom. The Morgan fingerprint density at radius 1 is 1.29 bits per heavy atom. The third-order valence-electron chi connectivity index (χ3n) is 5.31. The molecular weight excluding hydrogens is 436 g/mol. The molecule has 1 aliphatic carbocycles. The first-order chi connectivity index (χ1) is 15.0. The zero-order valence-corrected chi connectivity index (χ0v) is 19.0. The van der Waals surface area contributed by atoms with Crippen molar-refractivity contribution in [1.82, 2.24) is 15.5 Å². The van der Waals surface area contributed by atoms with Gasteiger partial charge in [-0.3, -0.25) is 10.1 Å². The van der Waals surface area contributed by atoms with Crippen LogP contribution in [0.4, 0.5) is 5.00 Å². The van der Waals surface area contributed by atoms with Crippen molar-refractivity contribution in [1.29, 1.82) is 0 Å². The third-order valence-corrected chi connectivity index (χ3v) is 7.11. The van der Waals surface area contributed by atoms with Crippen LogP contribution in [0.15, 0.2) is 27.4 Å². The maximum absolute atomic E-state index is 12.8. The van der Waals surface area contributed by atoms with Crippen LogP contribution in [0.5, 0.6) is 0 Å². The van der Waals surface area contributed by atoms with Gasteiger partial charge in [-0.05, 0) is 31.2 Å². The standard InChI is InChI=1S/C21H24N4O4S2/c1-3-28-19(27)17-14(15-7-6-10-30-15)12-31-18(17)24-16(26)11-22-21(8-4-5-9-21)20-23-13(2)29-25-20/h6-7,10,12,22H,3-5,8-9,11H2,1-2H3,(H,24,26). The van der Waals surface area contributed by atoms with Crippen molar-refractivity contribution >= 4 is 39.6 Å². The van der Waals surface area contributed by atoms with Crippen molar-refractivity contribution in [3.05, 3.63) is 40.2 Å². The van der Waals surface area contributed by atoms with Gasteiger partial charge in [0.15, 0.2) is 5.82 Å². The van der Waals surface area contributed by atoms with Crippen molar-refractivity contribution in [2.24, 2.45) is 0 Å². The first kappa shape index (κ1) is 21.7. The van der Waals surface area contributed by atoms with Crippen LogP contribution in [0.25, 0.3) is 10.4 Å². The van der Waals surface area contributed by atoms with Gasteiger partial charge in [0.1, 0.15) is 10.6 Å². The molecule has 0 aliphatic heterocycles. The molecule has 10 heteroatoms. The van der Waals surface area contributed by atoms with Crippen LogP contribution >= 0.6 is 22.7 Å². The number of hydrogen-bond donors (Lipinski definition) is 2. The second-order valence-corrected chi connectivity index (χ2v) is 9.21. The lowest BCUT2D eigenvalue weighted by atomic mass is 9.96. The summed E-state index contributed by atoms with van der Waals surface area (Å²) < 4.78 is 10.4. The summed E-state index contributed by atoms with van der Waals surface area (Å²) in [6, 6.07) is 3.87. The Hall–Kier alpha value is -2.56. The van der Waals surface area contributed by atoms with E-state index in [1.807, 2.05) is 22.9 Å². The van der Waals surface area contributed by atoms with E-state index in [9.17, 15) is 9.59 Å². The van der Waals surface area contributed by atoms with E-state index >= 15 is 0 Å². The van der Waals surface area contributed by atoms with Gasteiger partial charge < -0.3 is 14.6 Å². The fraction of sp³-hybridized carbons (Fsp3) is 0.429. The zero-order valence-electron chi connectivity index (χ0n) is 17.4. The number of nitrogens with one attached hydrogen (secondary N) is 2. The molecule has 0 radical (unpaired) electrons. The first-order valence-corrected chi connectivity index (χ1v) is 12.0. The van der Waals surface area contributed by atoms with Crippen molar-refractivity contribution in [2.75, 3.05) is 18.5 Å². The molecule has 8 nitrogen and oxygen atoms in total. The minimum Gasteiger partial charge on any atom is -0.462 e. The first-order valence-electron chi connectivity index (χ1n) is 10.2. The van der Waals surface area contributed by atoms with Crippen LogP contribution in [-0.4, -0.2) is 35.2 Å². The SMILES string of the molecule is CCOC(=O)c1c(-c2cccs2)csc1NC(=O)CNC1(c2noc(C)n2)CCCC1. The van der Waals surface area contributed by atoms with Crippen LogP contribution in [0.2, 0.25) is 0 Å². The van der Waals surface area contributed by atoms with Gasteiger partial charge in [0.25, 0.3) is 0 Å². The zero-order chi connectivity index (χ0) is 21.8. The average Bonchev–Trinajstić information content (AvgIpc) is 3.53. The predicted molar refractivity (Wildman–Crippen MR) is 119 cm³/mol. The number of nitrogens with zero attached hydrogens (tertiary/aromatic N) is 2. The molecule has 0 unspecified atom stereocenters. The molecular formula is C21H24N4O4S2. The molecule has 1 aliphatic rings. The van der Waals surface area contributed by atoms with Crippen LogP contribution in [0.1, 0.15) is 54.7 Å². The Morgan fingerprint density at radius 3 is 2.74 bits per heavy atom. The van der Waals surface area contributed by atoms with Crippen molar-refractivity contribution in [3.8, 4) is 10.4 Å². The lowest BCUT2D eigenvalue weighted by Gasteiger charge is -2.26. The van der Waals surface area contributed by atoms with Crippen molar-refractivity contribution in [2.45, 2.75) is 45.1 Å². The Bertz CT molecular complexity index is 1050. The summed E-state index contributed by atoms with van der Waals surface area (Å²) in [4.78, 5) is 30.8. The Kier molecular flexibility index (Phi) is 6.49. The lowest BCUT2D eigenvalue weighted by Crippen LogP contribution is -2.44. The summed E-state index contributed by atoms with van der Waals surface area (Å²) in [5.74, 6) is 0.423. The number of anilines is 1. The van der Waals surface area contributed by atoms with E-state index < -0.39 is 11.5 Å². The number of aryl methyl sites for hydroxylation is 1. The molecule has 31 heavy (non-hydrogen) atoms. The smallest absolute Gasteiger partial charge is 0.341 e. The van der Waals surface area contributed by atoms with E-state index in [1.165, 1.54) is 22.7 Å². The summed E-state index contributed by atoms with van der Waals surface area (Å²) in [5, 5.41) is 14.6. The molecule has 164 valence electrons. The number of amides is 1. The van der Waals surface area contributed by atoms with E-state index in [-0.39, 0.29) is 19.1 Å². The molecule has 4 rings (SSSR count). The second kappa shape index (κ2) is 9.29. The summed E-state index contributed by atoms with van der Waals surface area (Å²) in [6.45, 7) is 3.85.